The normalized spacial score (nSPS) is 24.9. The minimum absolute atomic E-state index is 0.0130. The van der Waals surface area contributed by atoms with Crippen molar-refractivity contribution < 1.29 is 4.79 Å². The topological polar surface area (TPSA) is 58.4 Å². The first kappa shape index (κ1) is 11.5. The Labute approximate surface area is 85.8 Å². The van der Waals surface area contributed by atoms with Gasteiger partial charge in [-0.15, -0.1) is 0 Å². The van der Waals surface area contributed by atoms with E-state index in [-0.39, 0.29) is 11.8 Å². The molecule has 0 radical (unpaired) electrons. The second-order valence-electron chi connectivity index (χ2n) is 4.10. The van der Waals surface area contributed by atoms with Crippen molar-refractivity contribution in [2.45, 2.75) is 25.8 Å². The Morgan fingerprint density at radius 2 is 2.43 bits per heavy atom. The summed E-state index contributed by atoms with van der Waals surface area (Å²) in [6.07, 6.45) is 1.88. The largest absolute Gasteiger partial charge is 0.352 e. The minimum atomic E-state index is -0.0130. The highest BCUT2D eigenvalue weighted by molar-refractivity contribution is 5.79. The van der Waals surface area contributed by atoms with Crippen LogP contribution in [0.5, 0.6) is 0 Å². The first-order valence-electron chi connectivity index (χ1n) is 5.36. The number of carbonyl (C=O) groups excluding carboxylic acids is 1. The van der Waals surface area contributed by atoms with Crippen molar-refractivity contribution in [3.05, 3.63) is 0 Å². The van der Waals surface area contributed by atoms with Gasteiger partial charge in [0.2, 0.25) is 5.91 Å². The highest BCUT2D eigenvalue weighted by Gasteiger charge is 2.23. The Morgan fingerprint density at radius 1 is 1.71 bits per heavy atom. The van der Waals surface area contributed by atoms with Gasteiger partial charge >= 0.3 is 0 Å². The molecule has 3 N–H and O–H groups in total. The van der Waals surface area contributed by atoms with Crippen LogP contribution in [0.4, 0.5) is 0 Å². The average molecular weight is 199 g/mol. The van der Waals surface area contributed by atoms with Crippen LogP contribution in [0, 0.1) is 5.92 Å². The highest BCUT2D eigenvalue weighted by atomic mass is 16.2. The number of rotatable bonds is 4. The summed E-state index contributed by atoms with van der Waals surface area (Å²) in [4.78, 5) is 13.9. The van der Waals surface area contributed by atoms with Gasteiger partial charge in [-0.1, -0.05) is 6.92 Å². The fourth-order valence-electron chi connectivity index (χ4n) is 1.83. The number of carbonyl (C=O) groups is 1. The van der Waals surface area contributed by atoms with Crippen LogP contribution in [0.25, 0.3) is 0 Å². The number of nitrogens with zero attached hydrogens (tertiary/aromatic N) is 1. The van der Waals surface area contributed by atoms with Crippen molar-refractivity contribution in [3.63, 3.8) is 0 Å². The predicted octanol–water partition coefficient (Wildman–Crippen LogP) is -0.208. The Morgan fingerprint density at radius 3 is 2.86 bits per heavy atom. The van der Waals surface area contributed by atoms with Gasteiger partial charge in [0.15, 0.2) is 0 Å². The van der Waals surface area contributed by atoms with E-state index >= 15 is 0 Å². The molecule has 1 heterocycles. The van der Waals surface area contributed by atoms with E-state index in [0.717, 1.165) is 25.9 Å². The van der Waals surface area contributed by atoms with Gasteiger partial charge in [-0.2, -0.15) is 0 Å². The molecule has 1 fully saturated rings. The predicted molar refractivity (Wildman–Crippen MR) is 56.9 cm³/mol. The summed E-state index contributed by atoms with van der Waals surface area (Å²) < 4.78 is 0. The Balaban J connectivity index is 2.32. The van der Waals surface area contributed by atoms with Gasteiger partial charge in [0, 0.05) is 25.0 Å². The molecule has 0 bridgehead atoms. The van der Waals surface area contributed by atoms with Crippen LogP contribution in [0.1, 0.15) is 19.8 Å². The maximum Gasteiger partial charge on any atom is 0.224 e. The van der Waals surface area contributed by atoms with E-state index < -0.39 is 0 Å². The summed E-state index contributed by atoms with van der Waals surface area (Å²) in [6, 6.07) is 0.327. The zero-order valence-corrected chi connectivity index (χ0v) is 9.12. The summed E-state index contributed by atoms with van der Waals surface area (Å²) in [5.74, 6) is 0.108. The molecule has 14 heavy (non-hydrogen) atoms. The van der Waals surface area contributed by atoms with Crippen LogP contribution in [0.3, 0.4) is 0 Å². The van der Waals surface area contributed by atoms with Gasteiger partial charge in [-0.3, -0.25) is 4.79 Å². The molecule has 0 aromatic carbocycles. The molecule has 1 aliphatic rings. The van der Waals surface area contributed by atoms with Crippen LogP contribution in [0.2, 0.25) is 0 Å². The Kier molecular flexibility index (Phi) is 4.35. The van der Waals surface area contributed by atoms with Crippen molar-refractivity contribution in [2.24, 2.45) is 11.7 Å². The number of amides is 1. The van der Waals surface area contributed by atoms with E-state index in [4.69, 9.17) is 5.73 Å². The third-order valence-corrected chi connectivity index (χ3v) is 2.89. The molecule has 0 spiro atoms. The second-order valence-corrected chi connectivity index (χ2v) is 4.10. The quantitative estimate of drug-likeness (QED) is 0.659. The van der Waals surface area contributed by atoms with Gasteiger partial charge in [0.1, 0.15) is 0 Å². The number of likely N-dealkylation sites (N-methyl/N-ethyl adjacent to an activating group) is 1. The van der Waals surface area contributed by atoms with Gasteiger partial charge in [-0.25, -0.2) is 0 Å². The summed E-state index contributed by atoms with van der Waals surface area (Å²) >= 11 is 0. The van der Waals surface area contributed by atoms with E-state index in [2.05, 4.69) is 17.3 Å². The van der Waals surface area contributed by atoms with Crippen LogP contribution < -0.4 is 11.1 Å². The van der Waals surface area contributed by atoms with Gasteiger partial charge in [-0.05, 0) is 26.4 Å². The van der Waals surface area contributed by atoms with Gasteiger partial charge < -0.3 is 16.0 Å². The SMILES string of the molecule is CCC(CN)C(=O)NC1CCN(C)C1. The van der Waals surface area contributed by atoms with Crippen LogP contribution >= 0.6 is 0 Å². The molecule has 1 aliphatic heterocycles. The third-order valence-electron chi connectivity index (χ3n) is 2.89. The lowest BCUT2D eigenvalue weighted by molar-refractivity contribution is -0.125. The molecule has 82 valence electrons. The monoisotopic (exact) mass is 199 g/mol. The molecule has 2 atom stereocenters. The molecule has 1 rings (SSSR count). The summed E-state index contributed by atoms with van der Waals surface area (Å²) in [5.41, 5.74) is 5.51. The van der Waals surface area contributed by atoms with Crippen molar-refractivity contribution in [2.75, 3.05) is 26.7 Å². The van der Waals surface area contributed by atoms with E-state index in [9.17, 15) is 4.79 Å². The molecular weight excluding hydrogens is 178 g/mol. The first-order valence-corrected chi connectivity index (χ1v) is 5.36. The smallest absolute Gasteiger partial charge is 0.224 e. The summed E-state index contributed by atoms with van der Waals surface area (Å²) in [7, 11) is 2.08. The third kappa shape index (κ3) is 2.96. The molecule has 0 aromatic heterocycles. The zero-order valence-electron chi connectivity index (χ0n) is 9.12. The lowest BCUT2D eigenvalue weighted by Gasteiger charge is -2.17. The maximum atomic E-state index is 11.7. The highest BCUT2D eigenvalue weighted by Crippen LogP contribution is 2.08. The van der Waals surface area contributed by atoms with Crippen molar-refractivity contribution >= 4 is 5.91 Å². The van der Waals surface area contributed by atoms with Gasteiger partial charge in [0.25, 0.3) is 0 Å². The fourth-order valence-corrected chi connectivity index (χ4v) is 1.83. The van der Waals surface area contributed by atoms with Crippen molar-refractivity contribution in [1.29, 1.82) is 0 Å². The van der Waals surface area contributed by atoms with Crippen molar-refractivity contribution in [3.8, 4) is 0 Å². The van der Waals surface area contributed by atoms with Gasteiger partial charge in [0.05, 0.1) is 0 Å². The number of hydrogen-bond donors (Lipinski definition) is 2. The zero-order chi connectivity index (χ0) is 10.6. The number of nitrogens with one attached hydrogen (secondary N) is 1. The van der Waals surface area contributed by atoms with E-state index in [1.807, 2.05) is 6.92 Å². The molecule has 4 nitrogen and oxygen atoms in total. The lowest BCUT2D eigenvalue weighted by Crippen LogP contribution is -2.42. The molecule has 0 aliphatic carbocycles. The molecule has 2 unspecified atom stereocenters. The summed E-state index contributed by atoms with van der Waals surface area (Å²) in [5, 5.41) is 3.05. The minimum Gasteiger partial charge on any atom is -0.352 e. The molecule has 0 aromatic rings. The van der Waals surface area contributed by atoms with Crippen LogP contribution in [-0.4, -0.2) is 43.5 Å². The van der Waals surface area contributed by atoms with Crippen molar-refractivity contribution in [1.82, 2.24) is 10.2 Å². The average Bonchev–Trinajstić information content (AvgIpc) is 2.53. The molecular formula is C10H21N3O. The maximum absolute atomic E-state index is 11.7. The summed E-state index contributed by atoms with van der Waals surface area (Å²) in [6.45, 7) is 4.49. The first-order chi connectivity index (χ1) is 6.67. The second kappa shape index (κ2) is 5.32. The molecule has 1 saturated heterocycles. The standard InChI is InChI=1S/C10H21N3O/c1-3-8(6-11)10(14)12-9-4-5-13(2)7-9/h8-9H,3-7,11H2,1-2H3,(H,12,14). The fraction of sp³-hybridized carbons (Fsp3) is 0.900. The van der Waals surface area contributed by atoms with E-state index in [1.54, 1.807) is 0 Å². The molecule has 1 amide bonds. The van der Waals surface area contributed by atoms with E-state index in [0.29, 0.717) is 12.6 Å². The number of hydrogen-bond acceptors (Lipinski definition) is 3. The molecule has 0 saturated carbocycles. The van der Waals surface area contributed by atoms with Crippen LogP contribution in [0.15, 0.2) is 0 Å². The Bertz CT molecular complexity index is 192. The van der Waals surface area contributed by atoms with Crippen LogP contribution in [-0.2, 0) is 4.79 Å². The van der Waals surface area contributed by atoms with E-state index in [1.165, 1.54) is 0 Å². The lowest BCUT2D eigenvalue weighted by atomic mass is 10.1. The Hall–Kier alpha value is -0.610. The number of likely N-dealkylation sites (tertiary alicyclic amines) is 1. The number of nitrogens with two attached hydrogens (primary N) is 1. The molecule has 4 heteroatoms.